The minimum atomic E-state index is -4.21. The summed E-state index contributed by atoms with van der Waals surface area (Å²) in [5.74, 6) is -0.897. The molecule has 2 amide bonds. The predicted molar refractivity (Wildman–Crippen MR) is 125 cm³/mol. The number of thioether (sulfide) groups is 1. The number of nitrogens with one attached hydrogen (secondary N) is 3. The first-order valence-electron chi connectivity index (χ1n) is 10.2. The highest BCUT2D eigenvalue weighted by atomic mass is 32.2. The molecule has 0 heterocycles. The topological polar surface area (TPSA) is 104 Å². The molecule has 0 aliphatic carbocycles. The molecule has 1 atom stereocenters. The van der Waals surface area contributed by atoms with Gasteiger partial charge in [-0.25, -0.2) is 12.8 Å². The van der Waals surface area contributed by atoms with E-state index in [4.69, 9.17) is 0 Å². The van der Waals surface area contributed by atoms with Gasteiger partial charge >= 0.3 is 0 Å². The Bertz CT molecular complexity index is 1010. The average molecular weight is 482 g/mol. The second-order valence-electron chi connectivity index (χ2n) is 7.10. The van der Waals surface area contributed by atoms with Crippen LogP contribution in [0.25, 0.3) is 0 Å². The van der Waals surface area contributed by atoms with Crippen LogP contribution >= 0.6 is 11.8 Å². The molecule has 0 aliphatic rings. The van der Waals surface area contributed by atoms with Crippen molar-refractivity contribution in [2.75, 3.05) is 17.3 Å². The highest BCUT2D eigenvalue weighted by Gasteiger charge is 2.27. The van der Waals surface area contributed by atoms with Gasteiger partial charge in [0.25, 0.3) is 0 Å². The van der Waals surface area contributed by atoms with E-state index in [2.05, 4.69) is 15.4 Å². The number of halogens is 1. The highest BCUT2D eigenvalue weighted by molar-refractivity contribution is 7.98. The first-order valence-corrected chi connectivity index (χ1v) is 13.1. The Labute approximate surface area is 192 Å². The zero-order chi connectivity index (χ0) is 23.6. The van der Waals surface area contributed by atoms with Crippen molar-refractivity contribution in [3.63, 3.8) is 0 Å². The number of hydrogen-bond donors (Lipinski definition) is 3. The summed E-state index contributed by atoms with van der Waals surface area (Å²) in [5.41, 5.74) is 1.45. The minimum absolute atomic E-state index is 0.0627. The quantitative estimate of drug-likeness (QED) is 0.432. The SMILES string of the molecule is CCCC(=O)Nc1ccc(CNC(=O)C(CCSC)NS(=O)(=O)c2ccccc2F)cc1. The number of carbonyl (C=O) groups excluding carboxylic acids is 2. The molecule has 2 rings (SSSR count). The van der Waals surface area contributed by atoms with Gasteiger partial charge < -0.3 is 10.6 Å². The molecule has 0 spiro atoms. The molecule has 3 N–H and O–H groups in total. The fourth-order valence-corrected chi connectivity index (χ4v) is 4.64. The smallest absolute Gasteiger partial charge is 0.244 e. The number of benzene rings is 2. The molecular weight excluding hydrogens is 453 g/mol. The number of sulfonamides is 1. The standard InChI is InChI=1S/C22H28FN3O4S2/c1-3-6-21(27)25-17-11-9-16(10-12-17)15-24-22(28)19(13-14-31-2)26-32(29,30)20-8-5-4-7-18(20)23/h4-5,7-12,19,26H,3,6,13-15H2,1-2H3,(H,24,28)(H,25,27). The lowest BCUT2D eigenvalue weighted by atomic mass is 10.2. The lowest BCUT2D eigenvalue weighted by molar-refractivity contribution is -0.123. The van der Waals surface area contributed by atoms with Crippen LogP contribution in [0.4, 0.5) is 10.1 Å². The number of amides is 2. The second kappa shape index (κ2) is 12.6. The fourth-order valence-electron chi connectivity index (χ4n) is 2.86. The van der Waals surface area contributed by atoms with Crippen LogP contribution in [-0.2, 0) is 26.2 Å². The Morgan fingerprint density at radius 1 is 1.09 bits per heavy atom. The molecule has 0 bridgehead atoms. The Balaban J connectivity index is 2.02. The summed E-state index contributed by atoms with van der Waals surface area (Å²) >= 11 is 1.47. The molecule has 0 aromatic heterocycles. The van der Waals surface area contributed by atoms with E-state index in [9.17, 15) is 22.4 Å². The van der Waals surface area contributed by atoms with Crippen LogP contribution in [-0.4, -0.2) is 38.3 Å². The second-order valence-corrected chi connectivity index (χ2v) is 9.77. The van der Waals surface area contributed by atoms with Gasteiger partial charge in [-0.1, -0.05) is 31.2 Å². The van der Waals surface area contributed by atoms with Crippen molar-refractivity contribution < 1.29 is 22.4 Å². The molecule has 1 unspecified atom stereocenters. The molecule has 2 aromatic carbocycles. The lowest BCUT2D eigenvalue weighted by Crippen LogP contribution is -2.46. The van der Waals surface area contributed by atoms with Gasteiger partial charge in [0.15, 0.2) is 0 Å². The molecular formula is C22H28FN3O4S2. The molecule has 174 valence electrons. The van der Waals surface area contributed by atoms with Crippen molar-refractivity contribution in [1.29, 1.82) is 0 Å². The van der Waals surface area contributed by atoms with E-state index in [0.717, 1.165) is 24.1 Å². The summed E-state index contributed by atoms with van der Waals surface area (Å²) in [7, 11) is -4.21. The zero-order valence-electron chi connectivity index (χ0n) is 18.1. The van der Waals surface area contributed by atoms with Crippen LogP contribution in [0.3, 0.4) is 0 Å². The molecule has 0 saturated heterocycles. The van der Waals surface area contributed by atoms with Crippen LogP contribution in [0.1, 0.15) is 31.7 Å². The van der Waals surface area contributed by atoms with E-state index in [1.807, 2.05) is 13.2 Å². The van der Waals surface area contributed by atoms with E-state index in [-0.39, 0.29) is 18.9 Å². The lowest BCUT2D eigenvalue weighted by Gasteiger charge is -2.18. The molecule has 0 radical (unpaired) electrons. The molecule has 0 aliphatic heterocycles. The van der Waals surface area contributed by atoms with E-state index < -0.39 is 32.7 Å². The summed E-state index contributed by atoms with van der Waals surface area (Å²) in [6.07, 6.45) is 3.30. The van der Waals surface area contributed by atoms with Gasteiger partial charge in [-0.2, -0.15) is 16.5 Å². The molecule has 2 aromatic rings. The maximum atomic E-state index is 14.0. The Hall–Kier alpha value is -2.43. The maximum absolute atomic E-state index is 14.0. The third-order valence-corrected chi connectivity index (χ3v) is 6.68. The summed E-state index contributed by atoms with van der Waals surface area (Å²) < 4.78 is 41.5. The summed E-state index contributed by atoms with van der Waals surface area (Å²) in [6, 6.07) is 11.0. The highest BCUT2D eigenvalue weighted by Crippen LogP contribution is 2.15. The van der Waals surface area contributed by atoms with Crippen LogP contribution in [0.5, 0.6) is 0 Å². The number of anilines is 1. The maximum Gasteiger partial charge on any atom is 0.244 e. The van der Waals surface area contributed by atoms with Crippen LogP contribution < -0.4 is 15.4 Å². The van der Waals surface area contributed by atoms with Crippen molar-refractivity contribution in [3.8, 4) is 0 Å². The van der Waals surface area contributed by atoms with Gasteiger partial charge in [0, 0.05) is 18.7 Å². The van der Waals surface area contributed by atoms with E-state index in [1.54, 1.807) is 24.3 Å². The van der Waals surface area contributed by atoms with Gasteiger partial charge in [-0.15, -0.1) is 0 Å². The largest absolute Gasteiger partial charge is 0.351 e. The first kappa shape index (κ1) is 25.8. The van der Waals surface area contributed by atoms with E-state index >= 15 is 0 Å². The molecule has 0 saturated carbocycles. The third-order valence-electron chi connectivity index (χ3n) is 4.53. The van der Waals surface area contributed by atoms with Gasteiger partial charge in [0.05, 0.1) is 0 Å². The van der Waals surface area contributed by atoms with Gasteiger partial charge in [0.2, 0.25) is 21.8 Å². The van der Waals surface area contributed by atoms with E-state index in [0.29, 0.717) is 17.9 Å². The Morgan fingerprint density at radius 3 is 2.41 bits per heavy atom. The summed E-state index contributed by atoms with van der Waals surface area (Å²) in [6.45, 7) is 2.10. The number of rotatable bonds is 12. The van der Waals surface area contributed by atoms with Crippen LogP contribution in [0.15, 0.2) is 53.4 Å². The minimum Gasteiger partial charge on any atom is -0.351 e. The molecule has 0 fully saturated rings. The number of hydrogen-bond acceptors (Lipinski definition) is 5. The number of carbonyl (C=O) groups is 2. The normalized spacial score (nSPS) is 12.2. The Morgan fingerprint density at radius 2 is 1.78 bits per heavy atom. The summed E-state index contributed by atoms with van der Waals surface area (Å²) in [4.78, 5) is 23.9. The summed E-state index contributed by atoms with van der Waals surface area (Å²) in [5, 5.41) is 5.51. The van der Waals surface area contributed by atoms with Crippen molar-refractivity contribution in [2.45, 2.75) is 43.7 Å². The van der Waals surface area contributed by atoms with Gasteiger partial charge in [-0.3, -0.25) is 9.59 Å². The van der Waals surface area contributed by atoms with Crippen molar-refractivity contribution in [2.24, 2.45) is 0 Å². The monoisotopic (exact) mass is 481 g/mol. The van der Waals surface area contributed by atoms with Crippen molar-refractivity contribution in [1.82, 2.24) is 10.0 Å². The molecule has 10 heteroatoms. The Kier molecular flexibility index (Phi) is 10.1. The van der Waals surface area contributed by atoms with Gasteiger partial charge in [-0.05, 0) is 54.7 Å². The van der Waals surface area contributed by atoms with Crippen LogP contribution in [0, 0.1) is 5.82 Å². The van der Waals surface area contributed by atoms with Crippen molar-refractivity contribution >= 4 is 39.3 Å². The first-order chi connectivity index (χ1) is 15.3. The fraction of sp³-hybridized carbons (Fsp3) is 0.364. The van der Waals surface area contributed by atoms with Crippen LogP contribution in [0.2, 0.25) is 0 Å². The van der Waals surface area contributed by atoms with Gasteiger partial charge in [0.1, 0.15) is 16.8 Å². The molecule has 7 nitrogen and oxygen atoms in total. The third kappa shape index (κ3) is 7.92. The van der Waals surface area contributed by atoms with Crippen molar-refractivity contribution in [3.05, 3.63) is 59.9 Å². The molecule has 32 heavy (non-hydrogen) atoms. The zero-order valence-corrected chi connectivity index (χ0v) is 19.7. The predicted octanol–water partition coefficient (Wildman–Crippen LogP) is 3.28. The average Bonchev–Trinajstić information content (AvgIpc) is 2.76. The van der Waals surface area contributed by atoms with E-state index in [1.165, 1.54) is 23.9 Å².